The molecule has 0 atom stereocenters. The van der Waals surface area contributed by atoms with Crippen LogP contribution in [0, 0.1) is 6.92 Å². The first kappa shape index (κ1) is 11.4. The molecule has 0 spiro atoms. The average molecular weight is 275 g/mol. The summed E-state index contributed by atoms with van der Waals surface area (Å²) >= 11 is 8.08. The number of nitrogens with zero attached hydrogens (tertiary/aromatic N) is 1. The van der Waals surface area contributed by atoms with E-state index in [4.69, 9.17) is 18.0 Å². The van der Waals surface area contributed by atoms with Crippen LogP contribution in [0.25, 0.3) is 0 Å². The molecule has 14 heavy (non-hydrogen) atoms. The van der Waals surface area contributed by atoms with E-state index < -0.39 is 0 Å². The highest BCUT2D eigenvalue weighted by Gasteiger charge is 2.01. The minimum Gasteiger partial charge on any atom is -0.393 e. The van der Waals surface area contributed by atoms with Crippen LogP contribution in [0.15, 0.2) is 21.5 Å². The summed E-state index contributed by atoms with van der Waals surface area (Å²) in [6.07, 6.45) is 2.29. The highest BCUT2D eigenvalue weighted by molar-refractivity contribution is 9.10. The Balaban J connectivity index is 2.97. The predicted molar refractivity (Wildman–Crippen MR) is 64.5 cm³/mol. The van der Waals surface area contributed by atoms with Crippen molar-refractivity contribution in [3.63, 3.8) is 0 Å². The molecule has 1 heterocycles. The van der Waals surface area contributed by atoms with Crippen molar-refractivity contribution >= 4 is 33.1 Å². The smallest absolute Gasteiger partial charge is 0.253 e. The van der Waals surface area contributed by atoms with Crippen LogP contribution in [0.4, 0.5) is 0 Å². The molecule has 0 amide bonds. The molecule has 0 aliphatic carbocycles. The normalized spacial score (nSPS) is 10.1. The van der Waals surface area contributed by atoms with Gasteiger partial charge in [0.25, 0.3) is 5.56 Å². The number of hydrogen-bond donors (Lipinski definition) is 1. The van der Waals surface area contributed by atoms with Crippen molar-refractivity contribution in [1.82, 2.24) is 4.57 Å². The molecule has 0 saturated heterocycles. The Morgan fingerprint density at radius 1 is 1.71 bits per heavy atom. The number of hydrogen-bond acceptors (Lipinski definition) is 2. The van der Waals surface area contributed by atoms with Gasteiger partial charge in [0.15, 0.2) is 0 Å². The highest BCUT2D eigenvalue weighted by atomic mass is 79.9. The summed E-state index contributed by atoms with van der Waals surface area (Å²) in [5.74, 6) is 0. The molecule has 1 rings (SSSR count). The molecule has 0 unspecified atom stereocenters. The predicted octanol–water partition coefficient (Wildman–Crippen LogP) is 1.60. The van der Waals surface area contributed by atoms with Gasteiger partial charge < -0.3 is 10.3 Å². The zero-order chi connectivity index (χ0) is 10.7. The summed E-state index contributed by atoms with van der Waals surface area (Å²) in [4.78, 5) is 12.0. The second kappa shape index (κ2) is 4.70. The van der Waals surface area contributed by atoms with Crippen molar-refractivity contribution in [2.75, 3.05) is 0 Å². The molecule has 2 N–H and O–H groups in total. The fourth-order valence-corrected chi connectivity index (χ4v) is 1.82. The second-order valence-electron chi connectivity index (χ2n) is 3.06. The van der Waals surface area contributed by atoms with Gasteiger partial charge in [0.2, 0.25) is 0 Å². The van der Waals surface area contributed by atoms with E-state index in [1.807, 2.05) is 0 Å². The second-order valence-corrected chi connectivity index (χ2v) is 4.50. The van der Waals surface area contributed by atoms with Gasteiger partial charge in [0.05, 0.1) is 4.99 Å². The summed E-state index contributed by atoms with van der Waals surface area (Å²) in [7, 11) is 0. The van der Waals surface area contributed by atoms with E-state index in [9.17, 15) is 4.79 Å². The Bertz CT molecular complexity index is 414. The van der Waals surface area contributed by atoms with Gasteiger partial charge in [-0.1, -0.05) is 12.2 Å². The molecule has 0 aliphatic heterocycles. The standard InChI is InChI=1S/C9H11BrN2OS/c1-6-4-7(10)5-12(9(6)13)3-2-8(11)14/h4-5H,2-3H2,1H3,(H2,11,14). The Labute approximate surface area is 96.0 Å². The van der Waals surface area contributed by atoms with Crippen LogP contribution in [0.3, 0.4) is 0 Å². The first-order valence-electron chi connectivity index (χ1n) is 4.15. The van der Waals surface area contributed by atoms with E-state index >= 15 is 0 Å². The number of aromatic nitrogens is 1. The van der Waals surface area contributed by atoms with Gasteiger partial charge in [-0.25, -0.2) is 0 Å². The molecular weight excluding hydrogens is 264 g/mol. The quantitative estimate of drug-likeness (QED) is 0.852. The van der Waals surface area contributed by atoms with Crippen LogP contribution in [-0.2, 0) is 6.54 Å². The molecule has 0 fully saturated rings. The highest BCUT2D eigenvalue weighted by Crippen LogP contribution is 2.08. The van der Waals surface area contributed by atoms with E-state index in [-0.39, 0.29) is 5.56 Å². The SMILES string of the molecule is Cc1cc(Br)cn(CCC(N)=S)c1=O. The third kappa shape index (κ3) is 2.92. The van der Waals surface area contributed by atoms with Gasteiger partial charge >= 0.3 is 0 Å². The number of pyridine rings is 1. The van der Waals surface area contributed by atoms with Crippen molar-refractivity contribution in [2.45, 2.75) is 19.9 Å². The Hall–Kier alpha value is -0.680. The van der Waals surface area contributed by atoms with Gasteiger partial charge in [0.1, 0.15) is 0 Å². The molecule has 3 nitrogen and oxygen atoms in total. The Morgan fingerprint density at radius 2 is 2.36 bits per heavy atom. The lowest BCUT2D eigenvalue weighted by molar-refractivity contribution is 0.688. The van der Waals surface area contributed by atoms with E-state index in [1.165, 1.54) is 0 Å². The third-order valence-corrected chi connectivity index (χ3v) is 2.47. The largest absolute Gasteiger partial charge is 0.393 e. The van der Waals surface area contributed by atoms with Crippen molar-refractivity contribution in [3.8, 4) is 0 Å². The number of rotatable bonds is 3. The minimum atomic E-state index is 0.00412. The summed E-state index contributed by atoms with van der Waals surface area (Å²) < 4.78 is 2.50. The van der Waals surface area contributed by atoms with E-state index in [0.29, 0.717) is 23.5 Å². The Morgan fingerprint density at radius 3 is 2.93 bits per heavy atom. The zero-order valence-corrected chi connectivity index (χ0v) is 10.2. The zero-order valence-electron chi connectivity index (χ0n) is 7.79. The first-order chi connectivity index (χ1) is 6.50. The molecule has 1 aromatic rings. The van der Waals surface area contributed by atoms with Crippen molar-refractivity contribution in [2.24, 2.45) is 5.73 Å². The van der Waals surface area contributed by atoms with Crippen molar-refractivity contribution < 1.29 is 0 Å². The lowest BCUT2D eigenvalue weighted by Crippen LogP contribution is -2.24. The minimum absolute atomic E-state index is 0.00412. The van der Waals surface area contributed by atoms with E-state index in [1.54, 1.807) is 23.8 Å². The fourth-order valence-electron chi connectivity index (χ4n) is 1.14. The molecule has 0 aliphatic rings. The molecule has 5 heteroatoms. The van der Waals surface area contributed by atoms with Gasteiger partial charge in [-0.3, -0.25) is 4.79 Å². The van der Waals surface area contributed by atoms with Crippen LogP contribution in [0.2, 0.25) is 0 Å². The van der Waals surface area contributed by atoms with Gasteiger partial charge in [-0.2, -0.15) is 0 Å². The maximum Gasteiger partial charge on any atom is 0.253 e. The fraction of sp³-hybridized carbons (Fsp3) is 0.333. The molecule has 0 aromatic carbocycles. The number of halogens is 1. The van der Waals surface area contributed by atoms with Crippen LogP contribution >= 0.6 is 28.1 Å². The van der Waals surface area contributed by atoms with E-state index in [0.717, 1.165) is 4.47 Å². The van der Waals surface area contributed by atoms with Crippen LogP contribution < -0.4 is 11.3 Å². The summed E-state index contributed by atoms with van der Waals surface area (Å²) in [6.45, 7) is 2.32. The van der Waals surface area contributed by atoms with Crippen molar-refractivity contribution in [3.05, 3.63) is 32.7 Å². The van der Waals surface area contributed by atoms with Gasteiger partial charge in [-0.15, -0.1) is 0 Å². The lowest BCUT2D eigenvalue weighted by atomic mass is 10.3. The molecular formula is C9H11BrN2OS. The molecule has 0 bridgehead atoms. The number of thiocarbonyl (C=S) groups is 1. The van der Waals surface area contributed by atoms with Gasteiger partial charge in [-0.05, 0) is 28.9 Å². The lowest BCUT2D eigenvalue weighted by Gasteiger charge is -2.06. The average Bonchev–Trinajstić information content (AvgIpc) is 2.08. The third-order valence-electron chi connectivity index (χ3n) is 1.83. The Kier molecular flexibility index (Phi) is 3.83. The number of nitrogens with two attached hydrogens (primary N) is 1. The summed E-state index contributed by atoms with van der Waals surface area (Å²) in [5.41, 5.74) is 6.09. The summed E-state index contributed by atoms with van der Waals surface area (Å²) in [5, 5.41) is 0. The van der Waals surface area contributed by atoms with Crippen LogP contribution in [0.5, 0.6) is 0 Å². The topological polar surface area (TPSA) is 48.0 Å². The van der Waals surface area contributed by atoms with Crippen LogP contribution in [0.1, 0.15) is 12.0 Å². The molecule has 1 aromatic heterocycles. The molecule has 76 valence electrons. The molecule has 0 saturated carbocycles. The maximum atomic E-state index is 11.6. The van der Waals surface area contributed by atoms with Crippen molar-refractivity contribution in [1.29, 1.82) is 0 Å². The van der Waals surface area contributed by atoms with Crippen LogP contribution in [-0.4, -0.2) is 9.56 Å². The van der Waals surface area contributed by atoms with E-state index in [2.05, 4.69) is 15.9 Å². The maximum absolute atomic E-state index is 11.6. The summed E-state index contributed by atoms with van der Waals surface area (Å²) in [6, 6.07) is 1.79. The first-order valence-corrected chi connectivity index (χ1v) is 5.35. The monoisotopic (exact) mass is 274 g/mol. The number of aryl methyl sites for hydroxylation is 2. The van der Waals surface area contributed by atoms with Gasteiger partial charge in [0, 0.05) is 29.2 Å². The molecule has 0 radical (unpaired) electrons.